The zero-order chi connectivity index (χ0) is 13.3. The van der Waals surface area contributed by atoms with Crippen LogP contribution >= 0.6 is 27.5 Å². The summed E-state index contributed by atoms with van der Waals surface area (Å²) in [6.07, 6.45) is 0.939. The lowest BCUT2D eigenvalue weighted by Crippen LogP contribution is -2.22. The van der Waals surface area contributed by atoms with Gasteiger partial charge < -0.3 is 9.73 Å². The van der Waals surface area contributed by atoms with Crippen LogP contribution in [0.4, 0.5) is 0 Å². The van der Waals surface area contributed by atoms with E-state index in [-0.39, 0.29) is 0 Å². The van der Waals surface area contributed by atoms with E-state index in [0.29, 0.717) is 6.04 Å². The summed E-state index contributed by atoms with van der Waals surface area (Å²) in [7, 11) is 0. The van der Waals surface area contributed by atoms with Crippen molar-refractivity contribution < 1.29 is 4.42 Å². The van der Waals surface area contributed by atoms with Gasteiger partial charge >= 0.3 is 0 Å². The number of furan rings is 1. The zero-order valence-electron chi connectivity index (χ0n) is 10.8. The highest BCUT2D eigenvalue weighted by Crippen LogP contribution is 2.34. The SMILES string of the molecule is CCc1c(CNC(C)C)oc2c(Br)cc(Cl)cc12. The van der Waals surface area contributed by atoms with Crippen LogP contribution in [0, 0.1) is 0 Å². The second-order valence-electron chi connectivity index (χ2n) is 4.66. The number of hydrogen-bond acceptors (Lipinski definition) is 2. The van der Waals surface area contributed by atoms with E-state index in [9.17, 15) is 0 Å². The molecular weight excluding hydrogens is 314 g/mol. The maximum Gasteiger partial charge on any atom is 0.148 e. The van der Waals surface area contributed by atoms with Crippen LogP contribution in [0.2, 0.25) is 5.02 Å². The third-order valence-electron chi connectivity index (χ3n) is 2.92. The number of aryl methyl sites for hydroxylation is 1. The normalized spacial score (nSPS) is 11.7. The Balaban J connectivity index is 2.50. The first-order valence-corrected chi connectivity index (χ1v) is 7.32. The summed E-state index contributed by atoms with van der Waals surface area (Å²) in [5.74, 6) is 1.00. The topological polar surface area (TPSA) is 25.2 Å². The third-order valence-corrected chi connectivity index (χ3v) is 3.73. The summed E-state index contributed by atoms with van der Waals surface area (Å²) in [6.45, 7) is 7.14. The van der Waals surface area contributed by atoms with Crippen molar-refractivity contribution in [1.29, 1.82) is 0 Å². The average molecular weight is 331 g/mol. The molecule has 0 bridgehead atoms. The molecule has 2 aromatic rings. The Hall–Kier alpha value is -0.510. The molecule has 4 heteroatoms. The summed E-state index contributed by atoms with van der Waals surface area (Å²) in [4.78, 5) is 0. The van der Waals surface area contributed by atoms with Gasteiger partial charge in [-0.15, -0.1) is 0 Å². The van der Waals surface area contributed by atoms with Gasteiger partial charge in [0.25, 0.3) is 0 Å². The largest absolute Gasteiger partial charge is 0.458 e. The predicted octanol–water partition coefficient (Wildman–Crippen LogP) is 4.91. The van der Waals surface area contributed by atoms with Gasteiger partial charge in [-0.25, -0.2) is 0 Å². The molecule has 2 rings (SSSR count). The molecule has 0 unspecified atom stereocenters. The molecule has 18 heavy (non-hydrogen) atoms. The highest BCUT2D eigenvalue weighted by molar-refractivity contribution is 9.10. The van der Waals surface area contributed by atoms with Crippen LogP contribution in [0.25, 0.3) is 11.0 Å². The molecule has 1 aromatic heterocycles. The fourth-order valence-electron chi connectivity index (χ4n) is 2.05. The van der Waals surface area contributed by atoms with Crippen LogP contribution in [0.3, 0.4) is 0 Å². The zero-order valence-corrected chi connectivity index (χ0v) is 13.2. The number of halogens is 2. The monoisotopic (exact) mass is 329 g/mol. The van der Waals surface area contributed by atoms with Gasteiger partial charge in [0.1, 0.15) is 11.3 Å². The fourth-order valence-corrected chi connectivity index (χ4v) is 2.94. The summed E-state index contributed by atoms with van der Waals surface area (Å²) in [6, 6.07) is 4.28. The minimum Gasteiger partial charge on any atom is -0.458 e. The number of nitrogens with one attached hydrogen (secondary N) is 1. The van der Waals surface area contributed by atoms with Gasteiger partial charge in [0.2, 0.25) is 0 Å². The van der Waals surface area contributed by atoms with E-state index in [0.717, 1.165) is 39.2 Å². The van der Waals surface area contributed by atoms with Gasteiger partial charge in [-0.1, -0.05) is 32.4 Å². The van der Waals surface area contributed by atoms with E-state index >= 15 is 0 Å². The van der Waals surface area contributed by atoms with Gasteiger partial charge in [0.15, 0.2) is 0 Å². The maximum absolute atomic E-state index is 6.10. The molecule has 0 aliphatic heterocycles. The van der Waals surface area contributed by atoms with Crippen molar-refractivity contribution in [3.63, 3.8) is 0 Å². The molecule has 0 saturated carbocycles. The van der Waals surface area contributed by atoms with Crippen molar-refractivity contribution >= 4 is 38.5 Å². The van der Waals surface area contributed by atoms with Gasteiger partial charge in [0, 0.05) is 22.0 Å². The lowest BCUT2D eigenvalue weighted by molar-refractivity contribution is 0.483. The molecule has 98 valence electrons. The minimum absolute atomic E-state index is 0.440. The van der Waals surface area contributed by atoms with E-state index in [1.807, 2.05) is 12.1 Å². The standard InChI is InChI=1S/C14H17BrClNO/c1-4-10-11-5-9(16)6-12(15)14(11)18-13(10)7-17-8(2)3/h5-6,8,17H,4,7H2,1-3H3. The van der Waals surface area contributed by atoms with Gasteiger partial charge in [-0.05, 0) is 34.5 Å². The van der Waals surface area contributed by atoms with E-state index in [1.165, 1.54) is 5.56 Å². The van der Waals surface area contributed by atoms with Crippen molar-refractivity contribution in [2.75, 3.05) is 0 Å². The molecule has 0 aliphatic carbocycles. The van der Waals surface area contributed by atoms with Crippen molar-refractivity contribution in [3.05, 3.63) is 33.0 Å². The quantitative estimate of drug-likeness (QED) is 0.861. The summed E-state index contributed by atoms with van der Waals surface area (Å²) < 4.78 is 6.87. The Morgan fingerprint density at radius 1 is 1.39 bits per heavy atom. The Labute approximate surface area is 121 Å². The summed E-state index contributed by atoms with van der Waals surface area (Å²) in [5.41, 5.74) is 2.12. The van der Waals surface area contributed by atoms with E-state index < -0.39 is 0 Å². The Bertz CT molecular complexity index is 562. The molecule has 0 amide bonds. The highest BCUT2D eigenvalue weighted by Gasteiger charge is 2.15. The second-order valence-corrected chi connectivity index (χ2v) is 5.95. The van der Waals surface area contributed by atoms with Crippen LogP contribution < -0.4 is 5.32 Å². The number of rotatable bonds is 4. The fraction of sp³-hybridized carbons (Fsp3) is 0.429. The molecule has 1 heterocycles. The molecule has 0 saturated heterocycles. The average Bonchev–Trinajstić information content (AvgIpc) is 2.64. The Kier molecular flexibility index (Phi) is 4.36. The third kappa shape index (κ3) is 2.73. The first-order valence-electron chi connectivity index (χ1n) is 6.15. The lowest BCUT2D eigenvalue weighted by Gasteiger charge is -2.06. The van der Waals surface area contributed by atoms with Gasteiger partial charge in [-0.3, -0.25) is 0 Å². The Morgan fingerprint density at radius 2 is 2.11 bits per heavy atom. The summed E-state index contributed by atoms with van der Waals surface area (Å²) >= 11 is 9.61. The molecule has 1 N–H and O–H groups in total. The number of benzene rings is 1. The number of hydrogen-bond donors (Lipinski definition) is 1. The first kappa shape index (κ1) is 13.9. The van der Waals surface area contributed by atoms with Crippen molar-refractivity contribution in [1.82, 2.24) is 5.32 Å². The minimum atomic E-state index is 0.440. The Morgan fingerprint density at radius 3 is 2.72 bits per heavy atom. The van der Waals surface area contributed by atoms with Crippen LogP contribution in [0.1, 0.15) is 32.1 Å². The smallest absolute Gasteiger partial charge is 0.148 e. The lowest BCUT2D eigenvalue weighted by atomic mass is 10.1. The molecule has 2 nitrogen and oxygen atoms in total. The molecule has 0 atom stereocenters. The predicted molar refractivity (Wildman–Crippen MR) is 80.3 cm³/mol. The van der Waals surface area contributed by atoms with Gasteiger partial charge in [0.05, 0.1) is 11.0 Å². The molecule has 1 aromatic carbocycles. The van der Waals surface area contributed by atoms with Gasteiger partial charge in [-0.2, -0.15) is 0 Å². The molecule has 0 radical (unpaired) electrons. The second kappa shape index (κ2) is 5.64. The molecular formula is C14H17BrClNO. The van der Waals surface area contributed by atoms with Crippen molar-refractivity contribution in [2.24, 2.45) is 0 Å². The molecule has 0 fully saturated rings. The first-order chi connectivity index (χ1) is 8.52. The van der Waals surface area contributed by atoms with Crippen molar-refractivity contribution in [3.8, 4) is 0 Å². The maximum atomic E-state index is 6.10. The van der Waals surface area contributed by atoms with Crippen LogP contribution in [-0.2, 0) is 13.0 Å². The van der Waals surface area contributed by atoms with Crippen molar-refractivity contribution in [2.45, 2.75) is 39.8 Å². The highest BCUT2D eigenvalue weighted by atomic mass is 79.9. The van der Waals surface area contributed by atoms with Crippen LogP contribution in [0.5, 0.6) is 0 Å². The van der Waals surface area contributed by atoms with E-state index in [1.54, 1.807) is 0 Å². The summed E-state index contributed by atoms with van der Waals surface area (Å²) in [5, 5.41) is 5.23. The van der Waals surface area contributed by atoms with E-state index in [2.05, 4.69) is 42.0 Å². The number of fused-ring (bicyclic) bond motifs is 1. The molecule has 0 spiro atoms. The van der Waals surface area contributed by atoms with E-state index in [4.69, 9.17) is 16.0 Å². The molecule has 0 aliphatic rings. The van der Waals surface area contributed by atoms with Crippen LogP contribution in [-0.4, -0.2) is 6.04 Å². The van der Waals surface area contributed by atoms with Crippen LogP contribution in [0.15, 0.2) is 21.0 Å².